The van der Waals surface area contributed by atoms with Gasteiger partial charge in [-0.15, -0.1) is 6.58 Å². The maximum absolute atomic E-state index is 5.74. The summed E-state index contributed by atoms with van der Waals surface area (Å²) >= 11 is 0. The number of nitrogens with zero attached hydrogens (tertiary/aromatic N) is 2. The molecular formula is C11H20N4. The average Bonchev–Trinajstić information content (AvgIpc) is 2.53. The predicted octanol–water partition coefficient (Wildman–Crippen LogP) is 0.894. The van der Waals surface area contributed by atoms with E-state index in [9.17, 15) is 0 Å². The molecule has 1 rings (SSSR count). The van der Waals surface area contributed by atoms with E-state index in [1.807, 2.05) is 30.9 Å². The van der Waals surface area contributed by atoms with Crippen LogP contribution in [-0.2, 0) is 7.05 Å². The third kappa shape index (κ3) is 3.18. The maximum atomic E-state index is 5.74. The van der Waals surface area contributed by atoms with Gasteiger partial charge in [0.2, 0.25) is 0 Å². The summed E-state index contributed by atoms with van der Waals surface area (Å²) in [6.45, 7) is 7.19. The summed E-state index contributed by atoms with van der Waals surface area (Å²) in [6, 6.07) is 0.193. The minimum Gasteiger partial charge on any atom is -0.329 e. The number of nitrogens with one attached hydrogen (secondary N) is 1. The molecule has 0 saturated heterocycles. The summed E-state index contributed by atoms with van der Waals surface area (Å²) in [4.78, 5) is 0. The fraction of sp³-hybridized carbons (Fsp3) is 0.545. The van der Waals surface area contributed by atoms with Gasteiger partial charge in [0.05, 0.1) is 5.69 Å². The van der Waals surface area contributed by atoms with Crippen molar-refractivity contribution in [3.05, 3.63) is 30.1 Å². The summed E-state index contributed by atoms with van der Waals surface area (Å²) in [7, 11) is 1.92. The first-order valence-corrected chi connectivity index (χ1v) is 5.23. The van der Waals surface area contributed by atoms with Gasteiger partial charge in [0.1, 0.15) is 0 Å². The molecule has 84 valence electrons. The lowest BCUT2D eigenvalue weighted by Crippen LogP contribution is -2.29. The lowest BCUT2D eigenvalue weighted by molar-refractivity contribution is 0.546. The van der Waals surface area contributed by atoms with E-state index in [0.717, 1.165) is 18.7 Å². The molecule has 4 heteroatoms. The Morgan fingerprint density at radius 3 is 2.93 bits per heavy atom. The van der Waals surface area contributed by atoms with Crippen LogP contribution in [0.3, 0.4) is 0 Å². The van der Waals surface area contributed by atoms with Gasteiger partial charge in [-0.3, -0.25) is 4.68 Å². The van der Waals surface area contributed by atoms with Crippen LogP contribution in [0.5, 0.6) is 0 Å². The van der Waals surface area contributed by atoms with Gasteiger partial charge in [0.15, 0.2) is 0 Å². The minimum absolute atomic E-state index is 0.193. The van der Waals surface area contributed by atoms with Crippen LogP contribution in [-0.4, -0.2) is 22.9 Å². The van der Waals surface area contributed by atoms with Crippen molar-refractivity contribution >= 4 is 0 Å². The largest absolute Gasteiger partial charge is 0.329 e. The molecule has 15 heavy (non-hydrogen) atoms. The molecule has 0 aliphatic heterocycles. The molecule has 0 fully saturated rings. The fourth-order valence-electron chi connectivity index (χ4n) is 1.64. The van der Waals surface area contributed by atoms with Gasteiger partial charge < -0.3 is 11.1 Å². The van der Waals surface area contributed by atoms with E-state index in [-0.39, 0.29) is 6.04 Å². The predicted molar refractivity (Wildman–Crippen MR) is 62.6 cm³/mol. The van der Waals surface area contributed by atoms with Crippen LogP contribution < -0.4 is 11.1 Å². The van der Waals surface area contributed by atoms with Crippen molar-refractivity contribution < 1.29 is 0 Å². The number of nitrogens with two attached hydrogens (primary N) is 1. The van der Waals surface area contributed by atoms with Gasteiger partial charge in [0.25, 0.3) is 0 Å². The van der Waals surface area contributed by atoms with Crippen LogP contribution in [0.2, 0.25) is 0 Å². The monoisotopic (exact) mass is 208 g/mol. The number of aromatic nitrogens is 2. The van der Waals surface area contributed by atoms with Crippen LogP contribution in [0.4, 0.5) is 0 Å². The van der Waals surface area contributed by atoms with Crippen LogP contribution in [0, 0.1) is 6.92 Å². The smallest absolute Gasteiger partial charge is 0.0641 e. The van der Waals surface area contributed by atoms with Crippen molar-refractivity contribution in [2.24, 2.45) is 12.8 Å². The molecule has 1 unspecified atom stereocenters. The van der Waals surface area contributed by atoms with Crippen molar-refractivity contribution in [2.45, 2.75) is 19.4 Å². The van der Waals surface area contributed by atoms with E-state index in [0.29, 0.717) is 6.54 Å². The van der Waals surface area contributed by atoms with Gasteiger partial charge in [-0.25, -0.2) is 0 Å². The Kier molecular flexibility index (Phi) is 4.52. The summed E-state index contributed by atoms with van der Waals surface area (Å²) in [5, 5.41) is 7.70. The standard InChI is InChI=1S/C11H20N4/c1-4-5-6-13-11(7-12)10-8-15(3)14-9(10)2/h4,8,11,13H,1,5-7,12H2,2-3H3. The first kappa shape index (κ1) is 11.9. The molecule has 1 aromatic rings. The van der Waals surface area contributed by atoms with E-state index in [2.05, 4.69) is 17.0 Å². The Morgan fingerprint density at radius 1 is 1.73 bits per heavy atom. The highest BCUT2D eigenvalue weighted by Crippen LogP contribution is 2.14. The maximum Gasteiger partial charge on any atom is 0.0641 e. The molecule has 0 aliphatic carbocycles. The zero-order valence-corrected chi connectivity index (χ0v) is 9.53. The Bertz CT molecular complexity index is 316. The first-order valence-electron chi connectivity index (χ1n) is 5.23. The van der Waals surface area contributed by atoms with Crippen molar-refractivity contribution in [3.63, 3.8) is 0 Å². The molecule has 1 atom stereocenters. The molecule has 1 heterocycles. The minimum atomic E-state index is 0.193. The summed E-state index contributed by atoms with van der Waals surface area (Å²) < 4.78 is 1.82. The zero-order chi connectivity index (χ0) is 11.3. The summed E-state index contributed by atoms with van der Waals surface area (Å²) in [5.74, 6) is 0. The normalized spacial score (nSPS) is 12.7. The number of rotatable bonds is 6. The van der Waals surface area contributed by atoms with Crippen LogP contribution >= 0.6 is 0 Å². The quantitative estimate of drug-likeness (QED) is 0.539. The second-order valence-corrected chi connectivity index (χ2v) is 3.66. The van der Waals surface area contributed by atoms with Gasteiger partial charge in [-0.1, -0.05) is 6.08 Å². The van der Waals surface area contributed by atoms with Crippen molar-refractivity contribution in [1.82, 2.24) is 15.1 Å². The molecule has 1 aromatic heterocycles. The molecule has 0 aliphatic rings. The fourth-order valence-corrected chi connectivity index (χ4v) is 1.64. The molecule has 0 amide bonds. The third-order valence-electron chi connectivity index (χ3n) is 2.40. The van der Waals surface area contributed by atoms with Crippen LogP contribution in [0.25, 0.3) is 0 Å². The van der Waals surface area contributed by atoms with Gasteiger partial charge in [0, 0.05) is 31.4 Å². The third-order valence-corrected chi connectivity index (χ3v) is 2.40. The number of hydrogen-bond donors (Lipinski definition) is 2. The lowest BCUT2D eigenvalue weighted by atomic mass is 10.1. The molecule has 4 nitrogen and oxygen atoms in total. The van der Waals surface area contributed by atoms with E-state index >= 15 is 0 Å². The van der Waals surface area contributed by atoms with Gasteiger partial charge >= 0.3 is 0 Å². The first-order chi connectivity index (χ1) is 7.19. The van der Waals surface area contributed by atoms with Crippen molar-refractivity contribution in [1.29, 1.82) is 0 Å². The topological polar surface area (TPSA) is 55.9 Å². The number of hydrogen-bond acceptors (Lipinski definition) is 3. The summed E-state index contributed by atoms with van der Waals surface area (Å²) in [5.41, 5.74) is 7.96. The second kappa shape index (κ2) is 5.68. The average molecular weight is 208 g/mol. The molecule has 0 bridgehead atoms. The molecule has 0 saturated carbocycles. The van der Waals surface area contributed by atoms with Gasteiger partial charge in [-0.2, -0.15) is 5.10 Å². The van der Waals surface area contributed by atoms with E-state index in [1.54, 1.807) is 0 Å². The summed E-state index contributed by atoms with van der Waals surface area (Å²) in [6.07, 6.45) is 4.88. The van der Waals surface area contributed by atoms with Crippen LogP contribution in [0.1, 0.15) is 23.7 Å². The van der Waals surface area contributed by atoms with Crippen molar-refractivity contribution in [3.8, 4) is 0 Å². The van der Waals surface area contributed by atoms with Crippen molar-refractivity contribution in [2.75, 3.05) is 13.1 Å². The zero-order valence-electron chi connectivity index (χ0n) is 9.53. The van der Waals surface area contributed by atoms with Gasteiger partial charge in [-0.05, 0) is 19.9 Å². The van der Waals surface area contributed by atoms with E-state index in [1.165, 1.54) is 5.56 Å². The Morgan fingerprint density at radius 2 is 2.47 bits per heavy atom. The molecule has 0 radical (unpaired) electrons. The number of aryl methyl sites for hydroxylation is 2. The second-order valence-electron chi connectivity index (χ2n) is 3.66. The molecule has 0 aromatic carbocycles. The van der Waals surface area contributed by atoms with E-state index < -0.39 is 0 Å². The van der Waals surface area contributed by atoms with Crippen LogP contribution in [0.15, 0.2) is 18.9 Å². The Hall–Kier alpha value is -1.13. The highest BCUT2D eigenvalue weighted by molar-refractivity contribution is 5.20. The molecule has 0 spiro atoms. The Balaban J connectivity index is 2.65. The lowest BCUT2D eigenvalue weighted by Gasteiger charge is -2.15. The molecular weight excluding hydrogens is 188 g/mol. The highest BCUT2D eigenvalue weighted by atomic mass is 15.3. The highest BCUT2D eigenvalue weighted by Gasteiger charge is 2.13. The SMILES string of the molecule is C=CCCNC(CN)c1cn(C)nc1C. The molecule has 3 N–H and O–H groups in total. The van der Waals surface area contributed by atoms with E-state index in [4.69, 9.17) is 5.73 Å². The Labute approximate surface area is 91.2 Å².